The van der Waals surface area contributed by atoms with E-state index in [1.165, 1.54) is 37.3 Å². The number of hydrogen-bond donors (Lipinski definition) is 0. The average Bonchev–Trinajstić information content (AvgIpc) is 2.78. The number of rotatable bonds is 4. The van der Waals surface area contributed by atoms with Crippen LogP contribution in [0.15, 0.2) is 59.8 Å². The van der Waals surface area contributed by atoms with Crippen molar-refractivity contribution in [3.63, 3.8) is 0 Å². The minimum absolute atomic E-state index is 0.00667. The van der Waals surface area contributed by atoms with E-state index in [0.717, 1.165) is 34.9 Å². The Labute approximate surface area is 193 Å². The Bertz CT molecular complexity index is 1210. The van der Waals surface area contributed by atoms with Crippen molar-refractivity contribution in [1.82, 2.24) is 4.90 Å². The van der Waals surface area contributed by atoms with E-state index in [2.05, 4.69) is 0 Å². The lowest BCUT2D eigenvalue weighted by Gasteiger charge is -2.41. The van der Waals surface area contributed by atoms with Crippen LogP contribution in [0, 0.1) is 11.3 Å². The first-order valence-electron chi connectivity index (χ1n) is 10.2. The van der Waals surface area contributed by atoms with Crippen molar-refractivity contribution < 1.29 is 32.3 Å². The third-order valence-electron chi connectivity index (χ3n) is 5.28. The molecular weight excluding hydrogens is 451 g/mol. The Balaban J connectivity index is 2.29. The number of amides is 3. The molecule has 1 aliphatic rings. The van der Waals surface area contributed by atoms with Gasteiger partial charge in [0, 0.05) is 12.6 Å². The van der Waals surface area contributed by atoms with Crippen molar-refractivity contribution in [2.45, 2.75) is 33.0 Å². The number of carbonyl (C=O) groups is 3. The minimum atomic E-state index is -4.66. The number of ether oxygens (including phenoxy) is 1. The molecule has 0 saturated heterocycles. The van der Waals surface area contributed by atoms with Crippen molar-refractivity contribution in [3.05, 3.63) is 76.5 Å². The monoisotopic (exact) mass is 471 g/mol. The number of esters is 1. The molecule has 176 valence electrons. The molecule has 3 amide bonds. The maximum atomic E-state index is 13.5. The summed E-state index contributed by atoms with van der Waals surface area (Å²) in [5, 5.41) is 9.07. The van der Waals surface area contributed by atoms with Gasteiger partial charge in [0.15, 0.2) is 0 Å². The fraction of sp³-hybridized carbons (Fsp3) is 0.250. The van der Waals surface area contributed by atoms with Gasteiger partial charge >= 0.3 is 18.2 Å². The van der Waals surface area contributed by atoms with Crippen LogP contribution in [-0.2, 0) is 20.5 Å². The highest BCUT2D eigenvalue weighted by Crippen LogP contribution is 2.41. The Morgan fingerprint density at radius 1 is 1.15 bits per heavy atom. The minimum Gasteiger partial charge on any atom is -0.463 e. The summed E-state index contributed by atoms with van der Waals surface area (Å²) in [6, 6.07) is 9.80. The average molecular weight is 471 g/mol. The van der Waals surface area contributed by atoms with E-state index in [1.54, 1.807) is 6.92 Å². The van der Waals surface area contributed by atoms with Crippen molar-refractivity contribution in [2.24, 2.45) is 0 Å². The van der Waals surface area contributed by atoms with Gasteiger partial charge in [0.25, 0.3) is 0 Å². The zero-order valence-corrected chi connectivity index (χ0v) is 18.5. The predicted molar refractivity (Wildman–Crippen MR) is 115 cm³/mol. The van der Waals surface area contributed by atoms with Crippen molar-refractivity contribution >= 4 is 23.6 Å². The first-order chi connectivity index (χ1) is 16.0. The van der Waals surface area contributed by atoms with E-state index in [1.807, 2.05) is 6.07 Å². The number of hydrogen-bond acceptors (Lipinski definition) is 5. The van der Waals surface area contributed by atoms with Crippen LogP contribution in [0.1, 0.15) is 43.5 Å². The summed E-state index contributed by atoms with van der Waals surface area (Å²) in [5.74, 6) is -1.56. The fourth-order valence-corrected chi connectivity index (χ4v) is 3.77. The van der Waals surface area contributed by atoms with Gasteiger partial charge in [-0.2, -0.15) is 18.4 Å². The second-order valence-corrected chi connectivity index (χ2v) is 7.41. The smallest absolute Gasteiger partial charge is 0.416 e. The van der Waals surface area contributed by atoms with Gasteiger partial charge in [-0.3, -0.25) is 14.6 Å². The molecule has 0 radical (unpaired) electrons. The maximum absolute atomic E-state index is 13.5. The topological polar surface area (TPSA) is 90.7 Å². The standard InChI is InChI=1S/C24H20F3N3O4/c1-4-34-22(32)20-14(2)29(19-7-5-6-18(12-19)24(25,26)27)23(33)30(15(3)31)21(20)17-10-8-16(13-28)9-11-17/h5-12,21H,4H2,1-3H3. The summed E-state index contributed by atoms with van der Waals surface area (Å²) < 4.78 is 45.1. The lowest BCUT2D eigenvalue weighted by atomic mass is 9.92. The number of urea groups is 1. The number of halogens is 3. The summed E-state index contributed by atoms with van der Waals surface area (Å²) >= 11 is 0. The van der Waals surface area contributed by atoms with Gasteiger partial charge in [-0.25, -0.2) is 9.59 Å². The Morgan fingerprint density at radius 3 is 2.32 bits per heavy atom. The zero-order valence-electron chi connectivity index (χ0n) is 18.5. The molecule has 10 heteroatoms. The molecule has 0 N–H and O–H groups in total. The van der Waals surface area contributed by atoms with Gasteiger partial charge in [-0.15, -0.1) is 0 Å². The lowest BCUT2D eigenvalue weighted by Crippen LogP contribution is -2.52. The third kappa shape index (κ3) is 4.50. The summed E-state index contributed by atoms with van der Waals surface area (Å²) in [6.07, 6.45) is -4.66. The molecule has 0 aromatic heterocycles. The van der Waals surface area contributed by atoms with Gasteiger partial charge in [0.1, 0.15) is 6.04 Å². The second kappa shape index (κ2) is 9.39. The number of nitriles is 1. The number of nitrogens with zero attached hydrogens (tertiary/aromatic N) is 3. The first kappa shape index (κ1) is 24.5. The molecule has 7 nitrogen and oxygen atoms in total. The molecule has 0 spiro atoms. The van der Waals surface area contributed by atoms with E-state index < -0.39 is 35.7 Å². The summed E-state index contributed by atoms with van der Waals surface area (Å²) in [6.45, 7) is 4.08. The van der Waals surface area contributed by atoms with Gasteiger partial charge in [0.05, 0.1) is 35.1 Å². The van der Waals surface area contributed by atoms with Crippen molar-refractivity contribution in [3.8, 4) is 6.07 Å². The molecule has 0 aliphatic carbocycles. The van der Waals surface area contributed by atoms with Crippen LogP contribution in [0.4, 0.5) is 23.7 Å². The van der Waals surface area contributed by atoms with E-state index >= 15 is 0 Å². The second-order valence-electron chi connectivity index (χ2n) is 7.41. The van der Waals surface area contributed by atoms with Gasteiger partial charge < -0.3 is 4.74 Å². The quantitative estimate of drug-likeness (QED) is 0.589. The van der Waals surface area contributed by atoms with E-state index in [4.69, 9.17) is 10.00 Å². The van der Waals surface area contributed by atoms with Crippen molar-refractivity contribution in [2.75, 3.05) is 11.5 Å². The largest absolute Gasteiger partial charge is 0.463 e. The molecule has 2 aromatic carbocycles. The highest BCUT2D eigenvalue weighted by molar-refractivity contribution is 6.09. The molecule has 1 aliphatic heterocycles. The Morgan fingerprint density at radius 2 is 1.79 bits per heavy atom. The molecule has 1 unspecified atom stereocenters. The van der Waals surface area contributed by atoms with E-state index in [-0.39, 0.29) is 23.6 Å². The number of allylic oxidation sites excluding steroid dienone is 1. The van der Waals surface area contributed by atoms with Gasteiger partial charge in [-0.1, -0.05) is 18.2 Å². The number of benzene rings is 2. The number of carbonyl (C=O) groups excluding carboxylic acids is 3. The molecule has 1 heterocycles. The van der Waals surface area contributed by atoms with Crippen LogP contribution in [0.5, 0.6) is 0 Å². The molecule has 34 heavy (non-hydrogen) atoms. The molecule has 0 bridgehead atoms. The van der Waals surface area contributed by atoms with Crippen LogP contribution in [0.2, 0.25) is 0 Å². The summed E-state index contributed by atoms with van der Waals surface area (Å²) in [7, 11) is 0. The zero-order chi connectivity index (χ0) is 25.2. The first-order valence-corrected chi connectivity index (χ1v) is 10.2. The third-order valence-corrected chi connectivity index (χ3v) is 5.28. The summed E-state index contributed by atoms with van der Waals surface area (Å²) in [5.41, 5.74) is -0.540. The predicted octanol–water partition coefficient (Wildman–Crippen LogP) is 4.94. The SMILES string of the molecule is CCOC(=O)C1=C(C)N(c2cccc(C(F)(F)F)c2)C(=O)N(C(C)=O)C1c1ccc(C#N)cc1. The highest BCUT2D eigenvalue weighted by Gasteiger charge is 2.45. The molecule has 1 atom stereocenters. The maximum Gasteiger partial charge on any atom is 0.416 e. The summed E-state index contributed by atoms with van der Waals surface area (Å²) in [4.78, 5) is 40.8. The van der Waals surface area contributed by atoms with E-state index in [0.29, 0.717) is 11.1 Å². The highest BCUT2D eigenvalue weighted by atomic mass is 19.4. The molecule has 2 aromatic rings. The van der Waals surface area contributed by atoms with Crippen LogP contribution in [0.3, 0.4) is 0 Å². The molecular formula is C24H20F3N3O4. The van der Waals surface area contributed by atoms with E-state index in [9.17, 15) is 27.6 Å². The molecule has 0 fully saturated rings. The molecule has 0 saturated carbocycles. The van der Waals surface area contributed by atoms with Crippen LogP contribution >= 0.6 is 0 Å². The number of alkyl halides is 3. The number of anilines is 1. The Hall–Kier alpha value is -4.13. The number of imide groups is 1. The van der Waals surface area contributed by atoms with Gasteiger partial charge in [0.2, 0.25) is 5.91 Å². The van der Waals surface area contributed by atoms with Crippen LogP contribution in [-0.4, -0.2) is 29.4 Å². The Kier molecular flexibility index (Phi) is 6.77. The van der Waals surface area contributed by atoms with Gasteiger partial charge in [-0.05, 0) is 49.7 Å². The fourth-order valence-electron chi connectivity index (χ4n) is 3.77. The van der Waals surface area contributed by atoms with Crippen LogP contribution in [0.25, 0.3) is 0 Å². The van der Waals surface area contributed by atoms with Crippen molar-refractivity contribution in [1.29, 1.82) is 5.26 Å². The normalized spacial score (nSPS) is 16.4. The lowest BCUT2D eigenvalue weighted by molar-refractivity contribution is -0.140. The van der Waals surface area contributed by atoms with Crippen LogP contribution < -0.4 is 4.90 Å². The molecule has 3 rings (SSSR count).